The maximum Gasteiger partial charge on any atom is 0.203 e. The van der Waals surface area contributed by atoms with E-state index in [0.717, 1.165) is 17.3 Å². The first-order chi connectivity index (χ1) is 8.16. The number of aryl methyl sites for hydroxylation is 1. The summed E-state index contributed by atoms with van der Waals surface area (Å²) in [5.74, 6) is 0.906. The van der Waals surface area contributed by atoms with Crippen LogP contribution in [0.3, 0.4) is 0 Å². The van der Waals surface area contributed by atoms with E-state index in [1.165, 1.54) is 0 Å². The molecule has 2 heterocycles. The third kappa shape index (κ3) is 2.84. The molecule has 4 heteroatoms. The fraction of sp³-hybridized carbons (Fsp3) is 0.385. The van der Waals surface area contributed by atoms with Gasteiger partial charge in [-0.3, -0.25) is 4.98 Å². The second-order valence-electron chi connectivity index (χ2n) is 4.38. The molecular weight excluding hydrogens is 212 g/mol. The van der Waals surface area contributed by atoms with Crippen LogP contribution in [0.4, 0.5) is 5.95 Å². The molecule has 0 spiro atoms. The number of pyridine rings is 1. The molecule has 1 N–H and O–H groups in total. The zero-order valence-corrected chi connectivity index (χ0v) is 10.5. The van der Waals surface area contributed by atoms with Crippen molar-refractivity contribution in [3.63, 3.8) is 0 Å². The van der Waals surface area contributed by atoms with Gasteiger partial charge in [0.15, 0.2) is 0 Å². The number of nitrogens with zero attached hydrogens (tertiary/aromatic N) is 3. The van der Waals surface area contributed by atoms with E-state index < -0.39 is 0 Å². The number of anilines is 1. The summed E-state index contributed by atoms with van der Waals surface area (Å²) in [6.07, 6.45) is 3.86. The highest BCUT2D eigenvalue weighted by Gasteiger charge is 2.07. The Bertz CT molecular complexity index is 473. The summed E-state index contributed by atoms with van der Waals surface area (Å²) in [4.78, 5) is 8.75. The van der Waals surface area contributed by atoms with Crippen molar-refractivity contribution >= 4 is 5.95 Å². The van der Waals surface area contributed by atoms with Gasteiger partial charge in [0.2, 0.25) is 5.95 Å². The lowest BCUT2D eigenvalue weighted by Gasteiger charge is -2.12. The predicted molar refractivity (Wildman–Crippen MR) is 68.9 cm³/mol. The van der Waals surface area contributed by atoms with Gasteiger partial charge in [-0.15, -0.1) is 0 Å². The zero-order valence-electron chi connectivity index (χ0n) is 10.5. The van der Waals surface area contributed by atoms with E-state index in [9.17, 15) is 0 Å². The van der Waals surface area contributed by atoms with E-state index in [1.54, 1.807) is 6.20 Å². The van der Waals surface area contributed by atoms with Gasteiger partial charge in [0.1, 0.15) is 0 Å². The molecule has 2 aromatic rings. The molecule has 0 saturated carbocycles. The molecule has 0 aromatic carbocycles. The van der Waals surface area contributed by atoms with E-state index in [1.807, 2.05) is 25.1 Å². The van der Waals surface area contributed by atoms with Gasteiger partial charge < -0.3 is 9.88 Å². The quantitative estimate of drug-likeness (QED) is 0.878. The summed E-state index contributed by atoms with van der Waals surface area (Å²) in [6, 6.07) is 6.32. The molecule has 0 aliphatic rings. The number of hydrogen-bond donors (Lipinski definition) is 1. The van der Waals surface area contributed by atoms with Crippen molar-refractivity contribution in [1.29, 1.82) is 0 Å². The molecule has 2 rings (SSSR count). The van der Waals surface area contributed by atoms with Gasteiger partial charge in [-0.05, 0) is 32.9 Å². The molecule has 2 aromatic heterocycles. The lowest BCUT2D eigenvalue weighted by Crippen LogP contribution is -2.09. The molecule has 0 bridgehead atoms. The Labute approximate surface area is 102 Å². The topological polar surface area (TPSA) is 42.7 Å². The molecule has 0 amide bonds. The lowest BCUT2D eigenvalue weighted by molar-refractivity contribution is 0.604. The summed E-state index contributed by atoms with van der Waals surface area (Å²) in [6.45, 7) is 7.00. The summed E-state index contributed by atoms with van der Waals surface area (Å²) < 4.78 is 2.14. The van der Waals surface area contributed by atoms with Crippen LogP contribution in [0.25, 0.3) is 0 Å². The molecule has 0 unspecified atom stereocenters. The largest absolute Gasteiger partial charge is 0.350 e. The average Bonchev–Trinajstić information content (AvgIpc) is 2.69. The Kier molecular flexibility index (Phi) is 3.42. The smallest absolute Gasteiger partial charge is 0.203 e. The van der Waals surface area contributed by atoms with E-state index in [-0.39, 0.29) is 0 Å². The zero-order chi connectivity index (χ0) is 12.3. The maximum absolute atomic E-state index is 4.47. The first-order valence-electron chi connectivity index (χ1n) is 5.86. The second-order valence-corrected chi connectivity index (χ2v) is 4.38. The Morgan fingerprint density at radius 1 is 1.35 bits per heavy atom. The normalized spacial score (nSPS) is 10.8. The van der Waals surface area contributed by atoms with Crippen molar-refractivity contribution in [2.75, 3.05) is 5.32 Å². The summed E-state index contributed by atoms with van der Waals surface area (Å²) >= 11 is 0. The number of aromatic nitrogens is 3. The Balaban J connectivity index is 2.09. The molecule has 0 saturated heterocycles. The molecule has 0 atom stereocenters. The number of rotatable bonds is 4. The second kappa shape index (κ2) is 4.99. The van der Waals surface area contributed by atoms with Crippen LogP contribution < -0.4 is 5.32 Å². The summed E-state index contributed by atoms with van der Waals surface area (Å²) in [5, 5.41) is 3.32. The maximum atomic E-state index is 4.47. The van der Waals surface area contributed by atoms with Gasteiger partial charge >= 0.3 is 0 Å². The molecule has 90 valence electrons. The number of nitrogens with one attached hydrogen (secondary N) is 1. The van der Waals surface area contributed by atoms with Gasteiger partial charge in [-0.2, -0.15) is 0 Å². The highest BCUT2D eigenvalue weighted by molar-refractivity contribution is 5.30. The minimum Gasteiger partial charge on any atom is -0.350 e. The van der Waals surface area contributed by atoms with E-state index in [2.05, 4.69) is 39.9 Å². The van der Waals surface area contributed by atoms with Crippen LogP contribution >= 0.6 is 0 Å². The van der Waals surface area contributed by atoms with Crippen LogP contribution in [0.15, 0.2) is 30.6 Å². The SMILES string of the molecule is Cc1cn(C(C)C)c(NCc2ccccn2)n1. The third-order valence-electron chi connectivity index (χ3n) is 2.56. The van der Waals surface area contributed by atoms with Gasteiger partial charge in [-0.25, -0.2) is 4.98 Å². The highest BCUT2D eigenvalue weighted by Crippen LogP contribution is 2.15. The minimum atomic E-state index is 0.405. The molecule has 0 radical (unpaired) electrons. The Morgan fingerprint density at radius 2 is 2.18 bits per heavy atom. The summed E-state index contributed by atoms with van der Waals surface area (Å²) in [7, 11) is 0. The molecule has 4 nitrogen and oxygen atoms in total. The fourth-order valence-corrected chi connectivity index (χ4v) is 1.71. The minimum absolute atomic E-state index is 0.405. The van der Waals surface area contributed by atoms with Gasteiger partial charge in [0.05, 0.1) is 17.9 Å². The van der Waals surface area contributed by atoms with Gasteiger partial charge in [0, 0.05) is 18.4 Å². The van der Waals surface area contributed by atoms with Crippen molar-refractivity contribution in [2.45, 2.75) is 33.4 Å². The fourth-order valence-electron chi connectivity index (χ4n) is 1.71. The number of imidazole rings is 1. The van der Waals surface area contributed by atoms with Crippen molar-refractivity contribution in [2.24, 2.45) is 0 Å². The van der Waals surface area contributed by atoms with E-state index in [4.69, 9.17) is 0 Å². The molecule has 17 heavy (non-hydrogen) atoms. The summed E-state index contributed by atoms with van der Waals surface area (Å²) in [5.41, 5.74) is 2.05. The van der Waals surface area contributed by atoms with Crippen molar-refractivity contribution in [3.8, 4) is 0 Å². The van der Waals surface area contributed by atoms with E-state index in [0.29, 0.717) is 12.6 Å². The van der Waals surface area contributed by atoms with Crippen molar-refractivity contribution < 1.29 is 0 Å². The predicted octanol–water partition coefficient (Wildman–Crippen LogP) is 2.78. The van der Waals surface area contributed by atoms with E-state index >= 15 is 0 Å². The van der Waals surface area contributed by atoms with Crippen molar-refractivity contribution in [3.05, 3.63) is 42.0 Å². The van der Waals surface area contributed by atoms with Crippen LogP contribution in [0.5, 0.6) is 0 Å². The molecular formula is C13H18N4. The van der Waals surface area contributed by atoms with Crippen LogP contribution in [-0.2, 0) is 6.54 Å². The third-order valence-corrected chi connectivity index (χ3v) is 2.56. The van der Waals surface area contributed by atoms with Crippen LogP contribution in [0.2, 0.25) is 0 Å². The van der Waals surface area contributed by atoms with Gasteiger partial charge in [-0.1, -0.05) is 6.07 Å². The molecule has 0 fully saturated rings. The monoisotopic (exact) mass is 230 g/mol. The molecule has 0 aliphatic carbocycles. The molecule has 0 aliphatic heterocycles. The first-order valence-corrected chi connectivity index (χ1v) is 5.86. The van der Waals surface area contributed by atoms with Crippen LogP contribution in [-0.4, -0.2) is 14.5 Å². The van der Waals surface area contributed by atoms with Crippen LogP contribution in [0.1, 0.15) is 31.3 Å². The first kappa shape index (κ1) is 11.6. The standard InChI is InChI=1S/C13H18N4/c1-10(2)17-9-11(3)16-13(17)15-8-12-6-4-5-7-14-12/h4-7,9-10H,8H2,1-3H3,(H,15,16). The Hall–Kier alpha value is -1.84. The van der Waals surface area contributed by atoms with Gasteiger partial charge in [0.25, 0.3) is 0 Å². The number of hydrogen-bond acceptors (Lipinski definition) is 3. The van der Waals surface area contributed by atoms with Crippen molar-refractivity contribution in [1.82, 2.24) is 14.5 Å². The Morgan fingerprint density at radius 3 is 2.82 bits per heavy atom. The van der Waals surface area contributed by atoms with Crippen LogP contribution in [0, 0.1) is 6.92 Å². The lowest BCUT2D eigenvalue weighted by atomic mass is 10.3. The average molecular weight is 230 g/mol. The highest BCUT2D eigenvalue weighted by atomic mass is 15.2.